The van der Waals surface area contributed by atoms with Crippen LogP contribution in [0.4, 0.5) is 0 Å². The molecule has 2 N–H and O–H groups in total. The van der Waals surface area contributed by atoms with Gasteiger partial charge in [-0.1, -0.05) is 6.92 Å². The van der Waals surface area contributed by atoms with Crippen LogP contribution in [0, 0.1) is 5.92 Å². The average molecular weight is 336 g/mol. The number of hydrogen-bond acceptors (Lipinski definition) is 7. The van der Waals surface area contributed by atoms with Gasteiger partial charge in [-0.15, -0.1) is 0 Å². The second kappa shape index (κ2) is 7.72. The third kappa shape index (κ3) is 5.01. The molecule has 22 heavy (non-hydrogen) atoms. The predicted molar refractivity (Wildman–Crippen MR) is 76.2 cm³/mol. The average Bonchev–Trinajstić information content (AvgIpc) is 2.90. The van der Waals surface area contributed by atoms with Gasteiger partial charge in [0.15, 0.2) is 6.29 Å². The van der Waals surface area contributed by atoms with E-state index in [4.69, 9.17) is 31.1 Å². The molecular weight excluding hydrogens is 314 g/mol. The highest BCUT2D eigenvalue weighted by atomic mass is 31.2. The molecule has 8 nitrogen and oxygen atoms in total. The summed E-state index contributed by atoms with van der Waals surface area (Å²) in [5.74, 6) is 0.0273. The molecule has 2 fully saturated rings. The molecule has 0 aromatic heterocycles. The minimum Gasteiger partial charge on any atom is -0.382 e. The lowest BCUT2D eigenvalue weighted by Crippen LogP contribution is -2.29. The second-order valence-corrected chi connectivity index (χ2v) is 7.06. The lowest BCUT2D eigenvalue weighted by atomic mass is 9.96. The van der Waals surface area contributed by atoms with E-state index in [2.05, 4.69) is 0 Å². The summed E-state index contributed by atoms with van der Waals surface area (Å²) in [7, 11) is 2.86. The van der Waals surface area contributed by atoms with Crippen LogP contribution >= 0.6 is 7.82 Å². The van der Waals surface area contributed by atoms with Crippen molar-refractivity contribution in [2.24, 2.45) is 5.92 Å². The number of phosphoric acid groups is 1. The molecule has 2 radical (unpaired) electrons. The number of aliphatic hydroxyl groups excluding tert-OH is 1. The summed E-state index contributed by atoms with van der Waals surface area (Å²) in [4.78, 5) is 9.82. The summed E-state index contributed by atoms with van der Waals surface area (Å²) in [6.07, 6.45) is -1.78. The van der Waals surface area contributed by atoms with Crippen molar-refractivity contribution >= 4 is 15.7 Å². The number of rotatable bonds is 7. The fourth-order valence-electron chi connectivity index (χ4n) is 2.60. The van der Waals surface area contributed by atoms with Crippen LogP contribution in [-0.4, -0.2) is 68.8 Å². The van der Waals surface area contributed by atoms with Crippen LogP contribution in [0.15, 0.2) is 0 Å². The Bertz CT molecular complexity index is 411. The van der Waals surface area contributed by atoms with Gasteiger partial charge in [-0.2, -0.15) is 0 Å². The van der Waals surface area contributed by atoms with E-state index in [-0.39, 0.29) is 25.6 Å². The topological polar surface area (TPSA) is 104 Å². The first-order valence-corrected chi connectivity index (χ1v) is 8.69. The highest BCUT2D eigenvalue weighted by Crippen LogP contribution is 2.47. The van der Waals surface area contributed by atoms with Crippen molar-refractivity contribution in [3.8, 4) is 0 Å². The molecule has 0 aliphatic carbocycles. The molecule has 0 amide bonds. The van der Waals surface area contributed by atoms with E-state index in [1.807, 2.05) is 6.92 Å². The van der Waals surface area contributed by atoms with Gasteiger partial charge in [0.1, 0.15) is 14.0 Å². The summed E-state index contributed by atoms with van der Waals surface area (Å²) >= 11 is 0. The molecule has 0 saturated carbocycles. The quantitative estimate of drug-likeness (QED) is 0.501. The summed E-state index contributed by atoms with van der Waals surface area (Å²) in [6, 6.07) is -0.571. The molecule has 7 atom stereocenters. The molecule has 126 valence electrons. The molecule has 2 aliphatic heterocycles. The van der Waals surface area contributed by atoms with Crippen LogP contribution in [0.1, 0.15) is 19.8 Å². The molecular formula is C12H22BO8P. The Morgan fingerprint density at radius 2 is 2.00 bits per heavy atom. The monoisotopic (exact) mass is 336 g/mol. The smallest absolute Gasteiger partial charge is 0.382 e. The fraction of sp³-hybridized carbons (Fsp3) is 1.00. The zero-order valence-electron chi connectivity index (χ0n) is 12.7. The van der Waals surface area contributed by atoms with E-state index in [1.165, 1.54) is 7.11 Å². The molecule has 0 aromatic carbocycles. The summed E-state index contributed by atoms with van der Waals surface area (Å²) in [6.45, 7) is 1.93. The first kappa shape index (κ1) is 18.4. The van der Waals surface area contributed by atoms with Crippen molar-refractivity contribution in [1.29, 1.82) is 0 Å². The predicted octanol–water partition coefficient (Wildman–Crippen LogP) is 0.162. The Morgan fingerprint density at radius 1 is 1.27 bits per heavy atom. The Balaban J connectivity index is 1.83. The number of aliphatic hydroxyl groups is 1. The minimum absolute atomic E-state index is 0.0273. The molecule has 2 saturated heterocycles. The Kier molecular flexibility index (Phi) is 6.44. The van der Waals surface area contributed by atoms with E-state index in [0.29, 0.717) is 6.42 Å². The van der Waals surface area contributed by atoms with Crippen molar-refractivity contribution in [2.45, 2.75) is 50.4 Å². The third-order valence-corrected chi connectivity index (χ3v) is 4.78. The minimum atomic E-state index is -4.28. The molecule has 2 rings (SSSR count). The van der Waals surface area contributed by atoms with Gasteiger partial charge in [-0.3, -0.25) is 9.05 Å². The summed E-state index contributed by atoms with van der Waals surface area (Å²) in [5.41, 5.74) is 0. The van der Waals surface area contributed by atoms with E-state index in [0.717, 1.165) is 0 Å². The van der Waals surface area contributed by atoms with E-state index in [9.17, 15) is 14.6 Å². The van der Waals surface area contributed by atoms with Crippen LogP contribution in [0.3, 0.4) is 0 Å². The Morgan fingerprint density at radius 3 is 2.59 bits per heavy atom. The first-order valence-electron chi connectivity index (χ1n) is 7.20. The highest BCUT2D eigenvalue weighted by Gasteiger charge is 2.40. The van der Waals surface area contributed by atoms with Crippen LogP contribution in [0.5, 0.6) is 0 Å². The Labute approximate surface area is 131 Å². The van der Waals surface area contributed by atoms with Crippen molar-refractivity contribution in [3.05, 3.63) is 0 Å². The van der Waals surface area contributed by atoms with Crippen molar-refractivity contribution in [1.82, 2.24) is 0 Å². The lowest BCUT2D eigenvalue weighted by Gasteiger charge is -2.22. The van der Waals surface area contributed by atoms with Crippen LogP contribution in [0.25, 0.3) is 0 Å². The molecule has 2 heterocycles. The van der Waals surface area contributed by atoms with Gasteiger partial charge in [0.25, 0.3) is 0 Å². The van der Waals surface area contributed by atoms with Crippen molar-refractivity contribution in [2.75, 3.05) is 20.3 Å². The van der Waals surface area contributed by atoms with Gasteiger partial charge in [0.05, 0.1) is 25.4 Å². The lowest BCUT2D eigenvalue weighted by molar-refractivity contribution is -0.104. The Hall–Kier alpha value is 0.0149. The zero-order chi connectivity index (χ0) is 16.3. The maximum Gasteiger partial charge on any atom is 0.472 e. The van der Waals surface area contributed by atoms with E-state index in [1.54, 1.807) is 0 Å². The van der Waals surface area contributed by atoms with E-state index < -0.39 is 38.4 Å². The third-order valence-electron chi connectivity index (χ3n) is 3.77. The van der Waals surface area contributed by atoms with Gasteiger partial charge in [0, 0.05) is 19.5 Å². The van der Waals surface area contributed by atoms with Crippen LogP contribution < -0.4 is 0 Å². The number of phosphoric ester groups is 1. The normalized spacial score (nSPS) is 41.6. The molecule has 2 aliphatic rings. The fourth-order valence-corrected chi connectivity index (χ4v) is 3.56. The molecule has 1 unspecified atom stereocenters. The molecule has 10 heteroatoms. The second-order valence-electron chi connectivity index (χ2n) is 5.65. The van der Waals surface area contributed by atoms with Gasteiger partial charge >= 0.3 is 7.82 Å². The van der Waals surface area contributed by atoms with Gasteiger partial charge in [-0.05, 0) is 12.3 Å². The standard InChI is InChI=1S/C12H22BO8P/c1-7-3-12(14)20-9(7)6-18-22(15,16)21-8-4-11(13)19-10(8)5-17-2/h7-12,14H,3-6H2,1-2H3,(H,15,16)/t7-,8-,9-,10-,11-,12-/m1/s1. The zero-order valence-corrected chi connectivity index (χ0v) is 13.6. The molecule has 0 spiro atoms. The number of ether oxygens (including phenoxy) is 3. The van der Waals surface area contributed by atoms with Crippen molar-refractivity contribution < 1.29 is 37.8 Å². The maximum absolute atomic E-state index is 12.0. The first-order chi connectivity index (χ1) is 10.3. The van der Waals surface area contributed by atoms with E-state index >= 15 is 0 Å². The highest BCUT2D eigenvalue weighted by molar-refractivity contribution is 7.47. The van der Waals surface area contributed by atoms with Gasteiger partial charge in [-0.25, -0.2) is 4.57 Å². The van der Waals surface area contributed by atoms with Gasteiger partial charge in [0.2, 0.25) is 0 Å². The van der Waals surface area contributed by atoms with Crippen molar-refractivity contribution in [3.63, 3.8) is 0 Å². The number of hydrogen-bond donors (Lipinski definition) is 2. The number of methoxy groups -OCH3 is 1. The summed E-state index contributed by atoms with van der Waals surface area (Å²) in [5, 5.41) is 9.37. The molecule has 0 aromatic rings. The largest absolute Gasteiger partial charge is 0.472 e. The maximum atomic E-state index is 12.0. The SMILES string of the molecule is [B][C@H]1C[C@@H](OP(=O)(O)OC[C@H]2O[C@@H](O)C[C@H]2C)[C@@H](COC)O1. The molecule has 0 bridgehead atoms. The van der Waals surface area contributed by atoms with Crippen LogP contribution in [0.2, 0.25) is 0 Å². The van der Waals surface area contributed by atoms with Gasteiger partial charge < -0.3 is 24.2 Å². The summed E-state index contributed by atoms with van der Waals surface area (Å²) < 4.78 is 37.7. The van der Waals surface area contributed by atoms with Crippen LogP contribution in [-0.2, 0) is 27.8 Å².